The van der Waals surface area contributed by atoms with E-state index in [1.54, 1.807) is 36.4 Å². The van der Waals surface area contributed by atoms with E-state index in [1.165, 1.54) is 14.0 Å². The molecule has 1 heterocycles. The van der Waals surface area contributed by atoms with Crippen LogP contribution in [0.4, 0.5) is 5.69 Å². The fourth-order valence-electron chi connectivity index (χ4n) is 3.44. The van der Waals surface area contributed by atoms with E-state index in [9.17, 15) is 14.4 Å². The molecule has 3 rings (SSSR count). The van der Waals surface area contributed by atoms with Gasteiger partial charge < -0.3 is 20.5 Å². The Morgan fingerprint density at radius 3 is 2.55 bits per heavy atom. The van der Waals surface area contributed by atoms with Crippen LogP contribution >= 0.6 is 0 Å². The van der Waals surface area contributed by atoms with Crippen molar-refractivity contribution in [2.75, 3.05) is 25.6 Å². The standard InChI is InChI=1S/C21H23N3O5/c1-4-29-18-10-13(8-9-17(18)28-3)16(11-22)24-20(26)14-6-5-7-15(23-12(2)25)19(14)21(24)27/h5-10,16H,4,11,22H2,1-3H3,(H,23,25). The molecule has 1 aliphatic rings. The number of hydrogen-bond donors (Lipinski definition) is 2. The molecule has 0 aliphatic carbocycles. The number of nitrogens with one attached hydrogen (secondary N) is 1. The summed E-state index contributed by atoms with van der Waals surface area (Å²) < 4.78 is 10.9. The number of amides is 3. The highest BCUT2D eigenvalue weighted by molar-refractivity contribution is 6.24. The predicted octanol–water partition coefficient (Wildman–Crippen LogP) is 2.35. The van der Waals surface area contributed by atoms with E-state index in [0.29, 0.717) is 29.4 Å². The van der Waals surface area contributed by atoms with Crippen molar-refractivity contribution in [3.8, 4) is 11.5 Å². The Bertz CT molecular complexity index is 973. The van der Waals surface area contributed by atoms with Crippen LogP contribution in [0.1, 0.15) is 46.2 Å². The van der Waals surface area contributed by atoms with Gasteiger partial charge in [0.2, 0.25) is 5.91 Å². The van der Waals surface area contributed by atoms with E-state index < -0.39 is 17.9 Å². The first-order valence-electron chi connectivity index (χ1n) is 9.22. The van der Waals surface area contributed by atoms with Gasteiger partial charge in [0.25, 0.3) is 11.8 Å². The molecule has 1 atom stereocenters. The maximum absolute atomic E-state index is 13.2. The van der Waals surface area contributed by atoms with E-state index in [0.717, 1.165) is 4.90 Å². The van der Waals surface area contributed by atoms with Crippen LogP contribution in [-0.2, 0) is 4.79 Å². The minimum absolute atomic E-state index is 0.0266. The molecule has 2 aromatic rings. The number of nitrogens with zero attached hydrogens (tertiary/aromatic N) is 1. The molecular formula is C21H23N3O5. The van der Waals surface area contributed by atoms with Gasteiger partial charge in [-0.05, 0) is 36.8 Å². The van der Waals surface area contributed by atoms with Crippen LogP contribution in [0.5, 0.6) is 11.5 Å². The van der Waals surface area contributed by atoms with Gasteiger partial charge >= 0.3 is 0 Å². The van der Waals surface area contributed by atoms with Crippen LogP contribution in [0.2, 0.25) is 0 Å². The van der Waals surface area contributed by atoms with Gasteiger partial charge in [0.05, 0.1) is 36.6 Å². The summed E-state index contributed by atoms with van der Waals surface area (Å²) in [5, 5.41) is 2.61. The highest BCUT2D eigenvalue weighted by atomic mass is 16.5. The Hall–Kier alpha value is -3.39. The molecule has 0 bridgehead atoms. The van der Waals surface area contributed by atoms with Gasteiger partial charge in [0, 0.05) is 13.5 Å². The van der Waals surface area contributed by atoms with Crippen molar-refractivity contribution < 1.29 is 23.9 Å². The summed E-state index contributed by atoms with van der Waals surface area (Å²) in [5.41, 5.74) is 7.32. The van der Waals surface area contributed by atoms with Crippen LogP contribution in [0, 0.1) is 0 Å². The molecular weight excluding hydrogens is 374 g/mol. The van der Waals surface area contributed by atoms with Gasteiger partial charge in [0.15, 0.2) is 11.5 Å². The number of hydrogen-bond acceptors (Lipinski definition) is 6. The molecule has 3 amide bonds. The average molecular weight is 397 g/mol. The van der Waals surface area contributed by atoms with Crippen LogP contribution < -0.4 is 20.5 Å². The Morgan fingerprint density at radius 1 is 1.17 bits per heavy atom. The van der Waals surface area contributed by atoms with Crippen LogP contribution in [-0.4, -0.2) is 42.9 Å². The summed E-state index contributed by atoms with van der Waals surface area (Å²) in [6, 6.07) is 9.26. The predicted molar refractivity (Wildman–Crippen MR) is 107 cm³/mol. The zero-order chi connectivity index (χ0) is 21.1. The van der Waals surface area contributed by atoms with Gasteiger partial charge in [-0.3, -0.25) is 19.3 Å². The zero-order valence-corrected chi connectivity index (χ0v) is 16.5. The van der Waals surface area contributed by atoms with Crippen molar-refractivity contribution in [1.82, 2.24) is 4.90 Å². The third kappa shape index (κ3) is 3.66. The summed E-state index contributed by atoms with van der Waals surface area (Å²) in [6.07, 6.45) is 0. The first kappa shape index (κ1) is 20.3. The molecule has 8 heteroatoms. The van der Waals surface area contributed by atoms with Gasteiger partial charge in [-0.2, -0.15) is 0 Å². The second-order valence-electron chi connectivity index (χ2n) is 6.48. The molecule has 8 nitrogen and oxygen atoms in total. The molecule has 29 heavy (non-hydrogen) atoms. The minimum atomic E-state index is -0.697. The SMILES string of the molecule is CCOc1cc(C(CN)N2C(=O)c3cccc(NC(C)=O)c3C2=O)ccc1OC. The quantitative estimate of drug-likeness (QED) is 0.694. The van der Waals surface area contributed by atoms with Gasteiger partial charge in [-0.1, -0.05) is 12.1 Å². The molecule has 0 spiro atoms. The normalized spacial score (nSPS) is 13.9. The maximum Gasteiger partial charge on any atom is 0.264 e. The Balaban J connectivity index is 2.03. The lowest BCUT2D eigenvalue weighted by Crippen LogP contribution is -2.38. The van der Waals surface area contributed by atoms with E-state index in [-0.39, 0.29) is 23.6 Å². The summed E-state index contributed by atoms with van der Waals surface area (Å²) >= 11 is 0. The number of anilines is 1. The average Bonchev–Trinajstić information content (AvgIpc) is 2.95. The zero-order valence-electron chi connectivity index (χ0n) is 16.5. The Kier molecular flexibility index (Phi) is 5.84. The van der Waals surface area contributed by atoms with E-state index in [4.69, 9.17) is 15.2 Å². The first-order chi connectivity index (χ1) is 13.9. The summed E-state index contributed by atoms with van der Waals surface area (Å²) in [4.78, 5) is 38.8. The molecule has 0 saturated carbocycles. The van der Waals surface area contributed by atoms with Gasteiger partial charge in [0.1, 0.15) is 0 Å². The highest BCUT2D eigenvalue weighted by Crippen LogP contribution is 2.37. The monoisotopic (exact) mass is 397 g/mol. The largest absolute Gasteiger partial charge is 0.493 e. The lowest BCUT2D eigenvalue weighted by molar-refractivity contribution is -0.114. The van der Waals surface area contributed by atoms with Crippen molar-refractivity contribution in [3.05, 3.63) is 53.1 Å². The molecule has 1 unspecified atom stereocenters. The topological polar surface area (TPSA) is 111 Å². The van der Waals surface area contributed by atoms with Crippen LogP contribution in [0.15, 0.2) is 36.4 Å². The Labute approximate surface area is 168 Å². The summed E-state index contributed by atoms with van der Waals surface area (Å²) in [7, 11) is 1.53. The molecule has 152 valence electrons. The maximum atomic E-state index is 13.2. The molecule has 0 radical (unpaired) electrons. The third-order valence-corrected chi connectivity index (χ3v) is 4.66. The number of imide groups is 1. The second-order valence-corrected chi connectivity index (χ2v) is 6.48. The molecule has 1 aliphatic heterocycles. The minimum Gasteiger partial charge on any atom is -0.493 e. The number of fused-ring (bicyclic) bond motifs is 1. The molecule has 0 saturated heterocycles. The van der Waals surface area contributed by atoms with Crippen molar-refractivity contribution in [2.24, 2.45) is 5.73 Å². The fourth-order valence-corrected chi connectivity index (χ4v) is 3.44. The highest BCUT2D eigenvalue weighted by Gasteiger charge is 2.42. The van der Waals surface area contributed by atoms with Crippen LogP contribution in [0.3, 0.4) is 0 Å². The summed E-state index contributed by atoms with van der Waals surface area (Å²) in [6.45, 7) is 3.65. The lowest BCUT2D eigenvalue weighted by Gasteiger charge is -2.26. The van der Waals surface area contributed by atoms with E-state index in [1.807, 2.05) is 6.92 Å². The second kappa shape index (κ2) is 8.32. The molecule has 2 aromatic carbocycles. The van der Waals surface area contributed by atoms with Crippen molar-refractivity contribution >= 4 is 23.4 Å². The summed E-state index contributed by atoms with van der Waals surface area (Å²) in [5.74, 6) is -0.243. The van der Waals surface area contributed by atoms with Gasteiger partial charge in [-0.15, -0.1) is 0 Å². The first-order valence-corrected chi connectivity index (χ1v) is 9.22. The number of carbonyl (C=O) groups excluding carboxylic acids is 3. The van der Waals surface area contributed by atoms with Gasteiger partial charge in [-0.25, -0.2) is 0 Å². The lowest BCUT2D eigenvalue weighted by atomic mass is 10.0. The number of benzene rings is 2. The fraction of sp³-hybridized carbons (Fsp3) is 0.286. The van der Waals surface area contributed by atoms with Crippen molar-refractivity contribution in [3.63, 3.8) is 0 Å². The number of rotatable bonds is 7. The molecule has 0 fully saturated rings. The van der Waals surface area contributed by atoms with Crippen molar-refractivity contribution in [2.45, 2.75) is 19.9 Å². The third-order valence-electron chi connectivity index (χ3n) is 4.66. The van der Waals surface area contributed by atoms with Crippen molar-refractivity contribution in [1.29, 1.82) is 0 Å². The number of nitrogens with two attached hydrogens (primary N) is 1. The number of ether oxygens (including phenoxy) is 2. The Morgan fingerprint density at radius 2 is 1.93 bits per heavy atom. The molecule has 3 N–H and O–H groups in total. The smallest absolute Gasteiger partial charge is 0.264 e. The number of carbonyl (C=O) groups is 3. The van der Waals surface area contributed by atoms with Crippen LogP contribution in [0.25, 0.3) is 0 Å². The molecule has 0 aromatic heterocycles. The number of methoxy groups -OCH3 is 1. The van der Waals surface area contributed by atoms with E-state index in [2.05, 4.69) is 5.32 Å². The van der Waals surface area contributed by atoms with E-state index >= 15 is 0 Å².